The Labute approximate surface area is 236 Å². The van der Waals surface area contributed by atoms with Gasteiger partial charge in [-0.15, -0.1) is 0 Å². The average Bonchev–Trinajstić information content (AvgIpc) is 3.60. The summed E-state index contributed by atoms with van der Waals surface area (Å²) < 4.78 is 5.26. The Morgan fingerprint density at radius 2 is 1.32 bits per heavy atom. The number of imide groups is 1. The first kappa shape index (κ1) is 26.4. The number of carbonyl (C=O) groups excluding carboxylic acids is 2. The van der Waals surface area contributed by atoms with Gasteiger partial charge in [0.25, 0.3) is 5.91 Å². The van der Waals surface area contributed by atoms with Crippen LogP contribution in [0.5, 0.6) is 5.75 Å². The molecule has 40 heavy (non-hydrogen) atoms. The Morgan fingerprint density at radius 1 is 0.750 bits per heavy atom. The molecular formula is C33H38N4O3. The number of piperidine rings is 1. The first-order valence-corrected chi connectivity index (χ1v) is 14.5. The lowest BCUT2D eigenvalue weighted by atomic mass is 9.85. The van der Waals surface area contributed by atoms with E-state index in [1.54, 1.807) is 12.0 Å². The van der Waals surface area contributed by atoms with Crippen LogP contribution in [0.15, 0.2) is 72.8 Å². The van der Waals surface area contributed by atoms with Gasteiger partial charge in [-0.05, 0) is 85.7 Å². The molecule has 3 saturated heterocycles. The lowest BCUT2D eigenvalue weighted by Crippen LogP contribution is -2.56. The van der Waals surface area contributed by atoms with Crippen LogP contribution in [-0.4, -0.2) is 67.1 Å². The predicted molar refractivity (Wildman–Crippen MR) is 159 cm³/mol. The Kier molecular flexibility index (Phi) is 7.24. The van der Waals surface area contributed by atoms with Crippen molar-refractivity contribution in [3.05, 3.63) is 78.4 Å². The normalized spacial score (nSPS) is 19.2. The van der Waals surface area contributed by atoms with Gasteiger partial charge in [-0.1, -0.05) is 36.4 Å². The van der Waals surface area contributed by atoms with E-state index in [9.17, 15) is 9.59 Å². The number of carbonyl (C=O) groups is 2. The zero-order valence-corrected chi connectivity index (χ0v) is 23.5. The van der Waals surface area contributed by atoms with Crippen LogP contribution in [0.1, 0.15) is 38.2 Å². The van der Waals surface area contributed by atoms with Gasteiger partial charge in [0.05, 0.1) is 12.8 Å². The first-order chi connectivity index (χ1) is 19.5. The third-order valence-electron chi connectivity index (χ3n) is 8.90. The summed E-state index contributed by atoms with van der Waals surface area (Å²) in [7, 11) is 1.65. The Bertz CT molecular complexity index is 1340. The lowest BCUT2D eigenvalue weighted by molar-refractivity contribution is -0.127. The number of likely N-dealkylation sites (tertiary alicyclic amines) is 1. The topological polar surface area (TPSA) is 56.3 Å². The van der Waals surface area contributed by atoms with Crippen molar-refractivity contribution in [1.82, 2.24) is 9.80 Å². The van der Waals surface area contributed by atoms with E-state index in [0.717, 1.165) is 49.6 Å². The van der Waals surface area contributed by atoms with Crippen LogP contribution in [0.25, 0.3) is 11.1 Å². The number of amides is 3. The number of urea groups is 1. The van der Waals surface area contributed by atoms with Crippen LogP contribution in [0, 0.1) is 0 Å². The van der Waals surface area contributed by atoms with Gasteiger partial charge in [-0.2, -0.15) is 0 Å². The zero-order chi connectivity index (χ0) is 27.7. The fourth-order valence-corrected chi connectivity index (χ4v) is 6.58. The van der Waals surface area contributed by atoms with E-state index in [4.69, 9.17) is 4.74 Å². The zero-order valence-electron chi connectivity index (χ0n) is 23.5. The van der Waals surface area contributed by atoms with Gasteiger partial charge >= 0.3 is 6.03 Å². The molecule has 3 aromatic carbocycles. The van der Waals surface area contributed by atoms with Crippen LogP contribution in [-0.2, 0) is 11.3 Å². The lowest BCUT2D eigenvalue weighted by Gasteiger charge is -2.41. The quantitative estimate of drug-likeness (QED) is 0.357. The van der Waals surface area contributed by atoms with Gasteiger partial charge in [-0.25, -0.2) is 9.69 Å². The first-order valence-electron chi connectivity index (χ1n) is 14.5. The molecule has 3 aliphatic rings. The van der Waals surface area contributed by atoms with E-state index in [0.29, 0.717) is 25.1 Å². The molecule has 0 atom stereocenters. The third kappa shape index (κ3) is 4.73. The molecule has 3 heterocycles. The van der Waals surface area contributed by atoms with Gasteiger partial charge < -0.3 is 14.5 Å². The summed E-state index contributed by atoms with van der Waals surface area (Å²) in [6.07, 6.45) is 3.86. The molecule has 0 saturated carbocycles. The van der Waals surface area contributed by atoms with E-state index >= 15 is 0 Å². The summed E-state index contributed by atoms with van der Waals surface area (Å²) in [6, 6.07) is 24.3. The molecule has 1 spiro atoms. The van der Waals surface area contributed by atoms with E-state index in [1.807, 2.05) is 55.5 Å². The maximum Gasteiger partial charge on any atom is 0.332 e. The van der Waals surface area contributed by atoms with Gasteiger partial charge in [0, 0.05) is 45.0 Å². The van der Waals surface area contributed by atoms with Crippen molar-refractivity contribution in [2.45, 2.75) is 44.7 Å². The van der Waals surface area contributed by atoms with E-state index in [1.165, 1.54) is 29.0 Å². The van der Waals surface area contributed by atoms with Crippen molar-refractivity contribution in [1.29, 1.82) is 0 Å². The highest BCUT2D eigenvalue weighted by molar-refractivity contribution is 6.23. The monoisotopic (exact) mass is 538 g/mol. The van der Waals surface area contributed by atoms with Gasteiger partial charge in [0.1, 0.15) is 11.3 Å². The van der Waals surface area contributed by atoms with Crippen molar-refractivity contribution in [2.24, 2.45) is 0 Å². The van der Waals surface area contributed by atoms with Crippen LogP contribution < -0.4 is 14.5 Å². The largest absolute Gasteiger partial charge is 0.497 e. The Morgan fingerprint density at radius 3 is 1.90 bits per heavy atom. The second kappa shape index (κ2) is 11.0. The highest BCUT2D eigenvalue weighted by atomic mass is 16.5. The minimum Gasteiger partial charge on any atom is -0.497 e. The van der Waals surface area contributed by atoms with Crippen molar-refractivity contribution in [3.8, 4) is 16.9 Å². The van der Waals surface area contributed by atoms with Crippen molar-refractivity contribution >= 4 is 23.3 Å². The highest BCUT2D eigenvalue weighted by Crippen LogP contribution is 2.40. The molecule has 3 aliphatic heterocycles. The number of nitrogens with zero attached hydrogens (tertiary/aromatic N) is 4. The van der Waals surface area contributed by atoms with Crippen molar-refractivity contribution in [3.63, 3.8) is 0 Å². The second-order valence-corrected chi connectivity index (χ2v) is 11.1. The number of anilines is 2. The summed E-state index contributed by atoms with van der Waals surface area (Å²) in [5, 5.41) is 0. The molecule has 0 radical (unpaired) electrons. The summed E-state index contributed by atoms with van der Waals surface area (Å²) in [5.74, 6) is 0.714. The van der Waals surface area contributed by atoms with E-state index in [-0.39, 0.29) is 11.9 Å². The smallest absolute Gasteiger partial charge is 0.332 e. The molecule has 0 unspecified atom stereocenters. The number of hydrogen-bond acceptors (Lipinski definition) is 5. The minimum absolute atomic E-state index is 0.0915. The molecule has 3 aromatic rings. The SMILES string of the molecule is CCN1C(=O)N(c2ccc(-c3ccc(OC)cc3)cc2)C(=O)C12CCN(Cc1ccc(N3CCCC3)cc1)CC2. The Hall–Kier alpha value is -3.84. The molecule has 3 amide bonds. The van der Waals surface area contributed by atoms with E-state index < -0.39 is 5.54 Å². The fourth-order valence-electron chi connectivity index (χ4n) is 6.58. The molecule has 6 rings (SSSR count). The molecule has 0 N–H and O–H groups in total. The van der Waals surface area contributed by atoms with Crippen LogP contribution in [0.3, 0.4) is 0 Å². The minimum atomic E-state index is -0.767. The summed E-state index contributed by atoms with van der Waals surface area (Å²) in [6.45, 7) is 7.22. The number of benzene rings is 3. The number of ether oxygens (including phenoxy) is 1. The van der Waals surface area contributed by atoms with Crippen molar-refractivity contribution in [2.75, 3.05) is 49.6 Å². The third-order valence-corrected chi connectivity index (χ3v) is 8.90. The predicted octanol–water partition coefficient (Wildman–Crippen LogP) is 5.79. The summed E-state index contributed by atoms with van der Waals surface area (Å²) in [4.78, 5) is 35.6. The van der Waals surface area contributed by atoms with Gasteiger partial charge in [0.15, 0.2) is 0 Å². The fraction of sp³-hybridized carbons (Fsp3) is 0.394. The van der Waals surface area contributed by atoms with Gasteiger partial charge in [0.2, 0.25) is 0 Å². The maximum atomic E-state index is 13.9. The number of methoxy groups -OCH3 is 1. The second-order valence-electron chi connectivity index (χ2n) is 11.1. The Balaban J connectivity index is 1.13. The molecule has 0 bridgehead atoms. The van der Waals surface area contributed by atoms with Crippen molar-refractivity contribution < 1.29 is 14.3 Å². The average molecular weight is 539 g/mol. The van der Waals surface area contributed by atoms with Crippen LogP contribution >= 0.6 is 0 Å². The van der Waals surface area contributed by atoms with Crippen LogP contribution in [0.4, 0.5) is 16.2 Å². The molecule has 7 heteroatoms. The van der Waals surface area contributed by atoms with E-state index in [2.05, 4.69) is 34.1 Å². The molecule has 0 aromatic heterocycles. The highest BCUT2D eigenvalue weighted by Gasteiger charge is 2.57. The molecule has 3 fully saturated rings. The van der Waals surface area contributed by atoms with Crippen LogP contribution in [0.2, 0.25) is 0 Å². The molecule has 7 nitrogen and oxygen atoms in total. The standard InChI is InChI=1S/C33H38N4O3/c1-3-36-32(39)37(29-14-8-26(9-15-29)27-10-16-30(40-2)17-11-27)31(38)33(36)18-22-34(23-19-33)24-25-6-12-28(13-7-25)35-20-4-5-21-35/h6-17H,3-5,18-24H2,1-2H3. The maximum absolute atomic E-state index is 13.9. The molecule has 0 aliphatic carbocycles. The molecular weight excluding hydrogens is 500 g/mol. The van der Waals surface area contributed by atoms with Gasteiger partial charge in [-0.3, -0.25) is 9.69 Å². The molecule has 208 valence electrons. The number of rotatable bonds is 7. The summed E-state index contributed by atoms with van der Waals surface area (Å²) in [5.41, 5.74) is 4.54. The number of likely N-dealkylation sites (N-methyl/N-ethyl adjacent to an activating group) is 1. The summed E-state index contributed by atoms with van der Waals surface area (Å²) >= 11 is 0. The number of hydrogen-bond donors (Lipinski definition) is 0.